The third-order valence-corrected chi connectivity index (χ3v) is 4.46. The number of aromatic amines is 1. The zero-order chi connectivity index (χ0) is 16.4. The largest absolute Gasteiger partial charge is 0.488 e. The normalized spacial score (nSPS) is 16.0. The maximum atomic E-state index is 5.97. The van der Waals surface area contributed by atoms with E-state index in [2.05, 4.69) is 58.8 Å². The Morgan fingerprint density at radius 2 is 2.00 bits per heavy atom. The molecule has 4 nitrogen and oxygen atoms in total. The fraction of sp³-hybridized carbons (Fsp3) is 0.250. The van der Waals surface area contributed by atoms with E-state index in [1.54, 1.807) is 0 Å². The number of H-pyrrole nitrogens is 1. The van der Waals surface area contributed by atoms with Crippen molar-refractivity contribution in [1.82, 2.24) is 15.5 Å². The van der Waals surface area contributed by atoms with Gasteiger partial charge in [0, 0.05) is 25.1 Å². The maximum Gasteiger partial charge on any atom is 0.123 e. The first-order valence-electron chi connectivity index (χ1n) is 8.34. The lowest BCUT2D eigenvalue weighted by molar-refractivity contribution is 0.227. The van der Waals surface area contributed by atoms with E-state index < -0.39 is 0 Å². The molecule has 0 spiro atoms. The molecule has 0 fully saturated rings. The number of hydrogen-bond acceptors (Lipinski definition) is 3. The lowest BCUT2D eigenvalue weighted by Crippen LogP contribution is -2.29. The van der Waals surface area contributed by atoms with Gasteiger partial charge in [0.2, 0.25) is 0 Å². The van der Waals surface area contributed by atoms with Gasteiger partial charge in [0.25, 0.3) is 0 Å². The molecule has 1 aromatic heterocycles. The number of fused-ring (bicyclic) bond motifs is 1. The van der Waals surface area contributed by atoms with Gasteiger partial charge in [0.15, 0.2) is 0 Å². The molecule has 3 aromatic rings. The van der Waals surface area contributed by atoms with Crippen LogP contribution in [0.4, 0.5) is 0 Å². The molecule has 1 aliphatic heterocycles. The highest BCUT2D eigenvalue weighted by molar-refractivity contribution is 5.62. The number of nitrogens with zero attached hydrogens (tertiary/aromatic N) is 1. The third kappa shape index (κ3) is 3.05. The van der Waals surface area contributed by atoms with Crippen LogP contribution in [0.15, 0.2) is 54.7 Å². The smallest absolute Gasteiger partial charge is 0.123 e. The van der Waals surface area contributed by atoms with E-state index >= 15 is 0 Å². The Labute approximate surface area is 141 Å². The monoisotopic (exact) mass is 319 g/mol. The van der Waals surface area contributed by atoms with Crippen LogP contribution in [-0.4, -0.2) is 22.8 Å². The van der Waals surface area contributed by atoms with Crippen molar-refractivity contribution in [3.63, 3.8) is 0 Å². The van der Waals surface area contributed by atoms with E-state index in [0.29, 0.717) is 0 Å². The molecule has 122 valence electrons. The highest BCUT2D eigenvalue weighted by atomic mass is 16.5. The van der Waals surface area contributed by atoms with E-state index in [0.717, 1.165) is 31.0 Å². The molecule has 0 saturated heterocycles. The van der Waals surface area contributed by atoms with Crippen molar-refractivity contribution >= 4 is 0 Å². The predicted molar refractivity (Wildman–Crippen MR) is 95.0 cm³/mol. The fourth-order valence-corrected chi connectivity index (χ4v) is 3.15. The summed E-state index contributed by atoms with van der Waals surface area (Å²) < 4.78 is 5.97. The van der Waals surface area contributed by atoms with Crippen LogP contribution in [0.5, 0.6) is 5.75 Å². The van der Waals surface area contributed by atoms with Gasteiger partial charge in [-0.1, -0.05) is 48.0 Å². The van der Waals surface area contributed by atoms with Crippen LogP contribution in [0, 0.1) is 6.92 Å². The molecule has 1 unspecified atom stereocenters. The summed E-state index contributed by atoms with van der Waals surface area (Å²) in [7, 11) is 0. The number of para-hydroxylation sites is 1. The van der Waals surface area contributed by atoms with E-state index in [1.165, 1.54) is 22.3 Å². The number of aromatic nitrogens is 2. The first-order valence-corrected chi connectivity index (χ1v) is 8.34. The summed E-state index contributed by atoms with van der Waals surface area (Å²) in [5.74, 6) is 1.02. The summed E-state index contributed by atoms with van der Waals surface area (Å²) in [5.41, 5.74) is 5.98. The number of benzene rings is 2. The molecule has 24 heavy (non-hydrogen) atoms. The van der Waals surface area contributed by atoms with Crippen LogP contribution >= 0.6 is 0 Å². The Bertz CT molecular complexity index is 798. The Kier molecular flexibility index (Phi) is 4.05. The van der Waals surface area contributed by atoms with Crippen LogP contribution in [0.2, 0.25) is 0 Å². The summed E-state index contributed by atoms with van der Waals surface area (Å²) in [5, 5.41) is 10.8. The van der Waals surface area contributed by atoms with E-state index in [4.69, 9.17) is 4.74 Å². The summed E-state index contributed by atoms with van der Waals surface area (Å²) in [6, 6.07) is 16.8. The molecule has 0 saturated carbocycles. The second-order valence-electron chi connectivity index (χ2n) is 6.32. The van der Waals surface area contributed by atoms with E-state index in [-0.39, 0.29) is 6.10 Å². The standard InChI is InChI=1S/C20H21N3O/c1-14-6-8-15(9-7-14)20-17(12-22-23-20)11-21-13-18-10-16-4-2-3-5-19(16)24-18/h2-9,12,18,21H,10-11,13H2,1H3,(H,22,23). The molecule has 1 aliphatic rings. The molecule has 0 amide bonds. The highest BCUT2D eigenvalue weighted by Crippen LogP contribution is 2.28. The van der Waals surface area contributed by atoms with Crippen molar-refractivity contribution in [3.8, 4) is 17.0 Å². The second kappa shape index (κ2) is 6.49. The molecule has 4 heteroatoms. The molecule has 2 aromatic carbocycles. The summed E-state index contributed by atoms with van der Waals surface area (Å²) in [6.07, 6.45) is 3.07. The van der Waals surface area contributed by atoms with Crippen LogP contribution in [-0.2, 0) is 13.0 Å². The Hall–Kier alpha value is -2.59. The van der Waals surface area contributed by atoms with Crippen LogP contribution in [0.25, 0.3) is 11.3 Å². The van der Waals surface area contributed by atoms with Crippen molar-refractivity contribution in [3.05, 3.63) is 71.4 Å². The molecule has 0 aliphatic carbocycles. The topological polar surface area (TPSA) is 49.9 Å². The van der Waals surface area contributed by atoms with E-state index in [1.807, 2.05) is 18.3 Å². The molecular weight excluding hydrogens is 298 g/mol. The summed E-state index contributed by atoms with van der Waals surface area (Å²) in [6.45, 7) is 3.70. The highest BCUT2D eigenvalue weighted by Gasteiger charge is 2.21. The lowest BCUT2D eigenvalue weighted by atomic mass is 10.1. The minimum Gasteiger partial charge on any atom is -0.488 e. The van der Waals surface area contributed by atoms with Crippen molar-refractivity contribution < 1.29 is 4.74 Å². The summed E-state index contributed by atoms with van der Waals surface area (Å²) >= 11 is 0. The minimum absolute atomic E-state index is 0.206. The zero-order valence-electron chi connectivity index (χ0n) is 13.8. The molecule has 0 radical (unpaired) electrons. The lowest BCUT2D eigenvalue weighted by Gasteiger charge is -2.12. The zero-order valence-corrected chi connectivity index (χ0v) is 13.8. The first kappa shape index (κ1) is 15.0. The van der Waals surface area contributed by atoms with Gasteiger partial charge in [-0.25, -0.2) is 0 Å². The quantitative estimate of drug-likeness (QED) is 0.757. The van der Waals surface area contributed by atoms with Gasteiger partial charge in [0.1, 0.15) is 11.9 Å². The molecule has 1 atom stereocenters. The van der Waals surface area contributed by atoms with Gasteiger partial charge in [-0.2, -0.15) is 5.10 Å². The number of ether oxygens (including phenoxy) is 1. The van der Waals surface area contributed by atoms with Gasteiger partial charge >= 0.3 is 0 Å². The van der Waals surface area contributed by atoms with Crippen molar-refractivity contribution in [2.24, 2.45) is 0 Å². The van der Waals surface area contributed by atoms with Crippen molar-refractivity contribution in [2.75, 3.05) is 6.54 Å². The molecule has 2 N–H and O–H groups in total. The Morgan fingerprint density at radius 3 is 2.83 bits per heavy atom. The second-order valence-corrected chi connectivity index (χ2v) is 6.32. The molecule has 2 heterocycles. The van der Waals surface area contributed by atoms with Crippen molar-refractivity contribution in [2.45, 2.75) is 26.0 Å². The SMILES string of the molecule is Cc1ccc(-c2[nH]ncc2CNCC2Cc3ccccc3O2)cc1. The number of aryl methyl sites for hydroxylation is 1. The van der Waals surface area contributed by atoms with Crippen LogP contribution < -0.4 is 10.1 Å². The molecular formula is C20H21N3O. The van der Waals surface area contributed by atoms with Gasteiger partial charge in [-0.15, -0.1) is 0 Å². The van der Waals surface area contributed by atoms with Crippen LogP contribution in [0.1, 0.15) is 16.7 Å². The average Bonchev–Trinajstić information content (AvgIpc) is 3.22. The average molecular weight is 319 g/mol. The van der Waals surface area contributed by atoms with Gasteiger partial charge in [-0.3, -0.25) is 5.10 Å². The Morgan fingerprint density at radius 1 is 1.17 bits per heavy atom. The summed E-state index contributed by atoms with van der Waals surface area (Å²) in [4.78, 5) is 0. The predicted octanol–water partition coefficient (Wildman–Crippen LogP) is 3.48. The van der Waals surface area contributed by atoms with Gasteiger partial charge in [-0.05, 0) is 24.1 Å². The van der Waals surface area contributed by atoms with E-state index in [9.17, 15) is 0 Å². The Balaban J connectivity index is 1.36. The number of hydrogen-bond donors (Lipinski definition) is 2. The van der Waals surface area contributed by atoms with Crippen LogP contribution in [0.3, 0.4) is 0 Å². The third-order valence-electron chi connectivity index (χ3n) is 4.46. The molecule has 0 bridgehead atoms. The fourth-order valence-electron chi connectivity index (χ4n) is 3.15. The number of nitrogens with one attached hydrogen (secondary N) is 2. The van der Waals surface area contributed by atoms with Gasteiger partial charge < -0.3 is 10.1 Å². The van der Waals surface area contributed by atoms with Gasteiger partial charge in [0.05, 0.1) is 11.9 Å². The van der Waals surface area contributed by atoms with Crippen molar-refractivity contribution in [1.29, 1.82) is 0 Å². The number of rotatable bonds is 5. The first-order chi connectivity index (χ1) is 11.8. The molecule has 4 rings (SSSR count). The maximum absolute atomic E-state index is 5.97. The minimum atomic E-state index is 0.206.